The number of thiazole rings is 1. The highest BCUT2D eigenvalue weighted by molar-refractivity contribution is 7.16. The molecule has 0 aliphatic heterocycles. The van der Waals surface area contributed by atoms with Crippen LogP contribution < -0.4 is 16.6 Å². The number of aryl methyl sites for hydroxylation is 2. The van der Waals surface area contributed by atoms with E-state index in [4.69, 9.17) is 23.2 Å². The van der Waals surface area contributed by atoms with Gasteiger partial charge in [0.25, 0.3) is 5.56 Å². The van der Waals surface area contributed by atoms with Gasteiger partial charge in [0.05, 0.1) is 22.1 Å². The van der Waals surface area contributed by atoms with Crippen LogP contribution in [0.4, 0.5) is 5.13 Å². The van der Waals surface area contributed by atoms with E-state index in [1.165, 1.54) is 40.9 Å². The topological polar surface area (TPSA) is 104 Å². The number of amides is 1. The van der Waals surface area contributed by atoms with Gasteiger partial charge in [-0.25, -0.2) is 14.8 Å². The number of carbonyl (C=O) groups excluding carboxylic acids is 1. The van der Waals surface area contributed by atoms with Gasteiger partial charge in [0.1, 0.15) is 6.54 Å². The molecule has 9 nitrogen and oxygen atoms in total. The summed E-state index contributed by atoms with van der Waals surface area (Å²) in [5, 5.41) is 4.02. The third kappa shape index (κ3) is 3.78. The second-order valence-electron chi connectivity index (χ2n) is 6.85. The van der Waals surface area contributed by atoms with Crippen LogP contribution in [0.25, 0.3) is 22.4 Å². The Morgan fingerprint density at radius 3 is 2.61 bits per heavy atom. The number of nitrogens with zero attached hydrogens (tertiary/aromatic N) is 5. The third-order valence-electron chi connectivity index (χ3n) is 4.77. The molecule has 4 rings (SSSR count). The minimum absolute atomic E-state index is 0.162. The van der Waals surface area contributed by atoms with Gasteiger partial charge in [-0.15, -0.1) is 11.3 Å². The molecule has 160 valence electrons. The fourth-order valence-electron chi connectivity index (χ4n) is 3.19. The Balaban J connectivity index is 1.60. The van der Waals surface area contributed by atoms with E-state index in [1.807, 2.05) is 6.92 Å². The van der Waals surface area contributed by atoms with Crippen molar-refractivity contribution in [2.45, 2.75) is 13.5 Å². The van der Waals surface area contributed by atoms with Crippen LogP contribution in [0.15, 0.2) is 34.1 Å². The highest BCUT2D eigenvalue weighted by Crippen LogP contribution is 2.33. The number of anilines is 1. The number of nitrogens with one attached hydrogen (secondary N) is 1. The van der Waals surface area contributed by atoms with Crippen molar-refractivity contribution in [3.05, 3.63) is 60.3 Å². The lowest BCUT2D eigenvalue weighted by Gasteiger charge is -2.06. The van der Waals surface area contributed by atoms with Crippen LogP contribution in [-0.4, -0.2) is 29.6 Å². The molecule has 4 aromatic rings. The molecule has 3 heterocycles. The average Bonchev–Trinajstić information content (AvgIpc) is 3.30. The molecule has 0 radical (unpaired) electrons. The van der Waals surface area contributed by atoms with Crippen LogP contribution >= 0.6 is 34.5 Å². The van der Waals surface area contributed by atoms with Gasteiger partial charge >= 0.3 is 5.69 Å². The Bertz CT molecular complexity index is 1470. The summed E-state index contributed by atoms with van der Waals surface area (Å²) in [5.41, 5.74) is 0.861. The molecule has 31 heavy (non-hydrogen) atoms. The largest absolute Gasteiger partial charge is 0.332 e. The highest BCUT2D eigenvalue weighted by Gasteiger charge is 2.17. The summed E-state index contributed by atoms with van der Waals surface area (Å²) in [7, 11) is 2.90. The number of hydrogen-bond acceptors (Lipinski definition) is 6. The van der Waals surface area contributed by atoms with Crippen molar-refractivity contribution >= 4 is 56.7 Å². The van der Waals surface area contributed by atoms with Gasteiger partial charge in [0.2, 0.25) is 5.91 Å². The molecule has 1 N–H and O–H groups in total. The van der Waals surface area contributed by atoms with Gasteiger partial charge in [0.15, 0.2) is 16.3 Å². The zero-order valence-electron chi connectivity index (χ0n) is 16.6. The van der Waals surface area contributed by atoms with Crippen molar-refractivity contribution in [3.63, 3.8) is 0 Å². The average molecular weight is 479 g/mol. The molecule has 0 saturated heterocycles. The number of halogens is 2. The van der Waals surface area contributed by atoms with Crippen LogP contribution in [0.3, 0.4) is 0 Å². The third-order valence-corrected chi connectivity index (χ3v) is 6.39. The van der Waals surface area contributed by atoms with Crippen LogP contribution in [-0.2, 0) is 25.4 Å². The first-order valence-electron chi connectivity index (χ1n) is 9.01. The normalized spacial score (nSPS) is 11.3. The first-order valence-corrected chi connectivity index (χ1v) is 10.6. The predicted octanol–water partition coefficient (Wildman–Crippen LogP) is 2.81. The molecule has 0 saturated carbocycles. The first-order chi connectivity index (χ1) is 14.7. The second kappa shape index (κ2) is 7.95. The summed E-state index contributed by atoms with van der Waals surface area (Å²) in [5.74, 6) is -0.385. The molecule has 3 aromatic heterocycles. The van der Waals surface area contributed by atoms with E-state index in [2.05, 4.69) is 15.3 Å². The minimum Gasteiger partial charge on any atom is -0.315 e. The molecular formula is C19H16Cl2N6O3S. The van der Waals surface area contributed by atoms with Crippen LogP contribution in [0, 0.1) is 6.92 Å². The Morgan fingerprint density at radius 2 is 1.90 bits per heavy atom. The summed E-state index contributed by atoms with van der Waals surface area (Å²) in [4.78, 5) is 46.7. The van der Waals surface area contributed by atoms with Crippen LogP contribution in [0.2, 0.25) is 10.0 Å². The predicted molar refractivity (Wildman–Crippen MR) is 121 cm³/mol. The smallest absolute Gasteiger partial charge is 0.315 e. The maximum absolute atomic E-state index is 12.6. The Labute approximate surface area is 189 Å². The molecule has 0 spiro atoms. The Hall–Kier alpha value is -2.95. The van der Waals surface area contributed by atoms with E-state index in [0.29, 0.717) is 20.9 Å². The number of carbonyl (C=O) groups is 1. The second-order valence-corrected chi connectivity index (χ2v) is 8.87. The number of fused-ring (bicyclic) bond motifs is 1. The summed E-state index contributed by atoms with van der Waals surface area (Å²) >= 11 is 13.4. The standard InChI is InChI=1S/C19H16Cl2N6O3S/c1-9-14(10-4-5-11(20)12(21)6-10)24-18(31-9)23-13(28)7-27-8-22-16-15(27)17(29)26(3)19(30)25(16)2/h4-6,8H,7H2,1-3H3,(H,23,24,28). The van der Waals surface area contributed by atoms with Crippen molar-refractivity contribution in [1.82, 2.24) is 23.7 Å². The summed E-state index contributed by atoms with van der Waals surface area (Å²) in [6, 6.07) is 5.21. The van der Waals surface area contributed by atoms with Crippen LogP contribution in [0.1, 0.15) is 4.88 Å². The summed E-state index contributed by atoms with van der Waals surface area (Å²) in [6.07, 6.45) is 1.36. The number of aromatic nitrogens is 5. The first kappa shape index (κ1) is 21.3. The van der Waals surface area contributed by atoms with Crippen molar-refractivity contribution in [3.8, 4) is 11.3 Å². The molecule has 0 atom stereocenters. The molecule has 1 aromatic carbocycles. The molecule has 0 aliphatic carbocycles. The zero-order chi connectivity index (χ0) is 22.4. The zero-order valence-corrected chi connectivity index (χ0v) is 19.0. The lowest BCUT2D eigenvalue weighted by atomic mass is 10.1. The number of imidazole rings is 1. The quantitative estimate of drug-likeness (QED) is 0.485. The Kier molecular flexibility index (Phi) is 5.46. The fourth-order valence-corrected chi connectivity index (χ4v) is 4.34. The van der Waals surface area contributed by atoms with Gasteiger partial charge in [-0.05, 0) is 19.1 Å². The van der Waals surface area contributed by atoms with Crippen molar-refractivity contribution in [2.24, 2.45) is 14.1 Å². The minimum atomic E-state index is -0.518. The van der Waals surface area contributed by atoms with Gasteiger partial charge in [0, 0.05) is 24.5 Å². The molecule has 1 amide bonds. The number of rotatable bonds is 4. The van der Waals surface area contributed by atoms with Crippen molar-refractivity contribution < 1.29 is 4.79 Å². The van der Waals surface area contributed by atoms with E-state index in [-0.39, 0.29) is 23.6 Å². The van der Waals surface area contributed by atoms with E-state index in [0.717, 1.165) is 15.0 Å². The Morgan fingerprint density at radius 1 is 1.16 bits per heavy atom. The highest BCUT2D eigenvalue weighted by atomic mass is 35.5. The van der Waals surface area contributed by atoms with Crippen molar-refractivity contribution in [1.29, 1.82) is 0 Å². The maximum Gasteiger partial charge on any atom is 0.332 e. The lowest BCUT2D eigenvalue weighted by molar-refractivity contribution is -0.116. The van der Waals surface area contributed by atoms with Crippen molar-refractivity contribution in [2.75, 3.05) is 5.32 Å². The molecule has 0 bridgehead atoms. The summed E-state index contributed by atoms with van der Waals surface area (Å²) < 4.78 is 3.65. The summed E-state index contributed by atoms with van der Waals surface area (Å²) in [6.45, 7) is 1.73. The van der Waals surface area contributed by atoms with E-state index in [1.54, 1.807) is 18.2 Å². The maximum atomic E-state index is 12.6. The van der Waals surface area contributed by atoms with E-state index >= 15 is 0 Å². The molecule has 12 heteroatoms. The molecule has 0 aliphatic rings. The van der Waals surface area contributed by atoms with Gasteiger partial charge in [-0.3, -0.25) is 18.7 Å². The number of hydrogen-bond donors (Lipinski definition) is 1. The monoisotopic (exact) mass is 478 g/mol. The fraction of sp³-hybridized carbons (Fsp3) is 0.211. The van der Waals surface area contributed by atoms with Gasteiger partial charge < -0.3 is 9.88 Å². The molecule has 0 unspecified atom stereocenters. The van der Waals surface area contributed by atoms with Gasteiger partial charge in [-0.1, -0.05) is 29.3 Å². The van der Waals surface area contributed by atoms with E-state index in [9.17, 15) is 14.4 Å². The molecular weight excluding hydrogens is 463 g/mol. The van der Waals surface area contributed by atoms with Crippen LogP contribution in [0.5, 0.6) is 0 Å². The van der Waals surface area contributed by atoms with Gasteiger partial charge in [-0.2, -0.15) is 0 Å². The van der Waals surface area contributed by atoms with E-state index < -0.39 is 11.2 Å². The SMILES string of the molecule is Cc1sc(NC(=O)Cn2cnc3c2c(=O)n(C)c(=O)n3C)nc1-c1ccc(Cl)c(Cl)c1. The molecule has 0 fully saturated rings. The number of benzene rings is 1. The lowest BCUT2D eigenvalue weighted by Crippen LogP contribution is -2.37.